The maximum atomic E-state index is 4.89. The van der Waals surface area contributed by atoms with Crippen molar-refractivity contribution in [1.29, 1.82) is 0 Å². The Morgan fingerprint density at radius 1 is 0.414 bits per heavy atom. The molecule has 2 heteroatoms. The summed E-state index contributed by atoms with van der Waals surface area (Å²) in [5.41, 5.74) is 16.6. The van der Waals surface area contributed by atoms with E-state index in [4.69, 9.17) is 9.98 Å². The van der Waals surface area contributed by atoms with Crippen molar-refractivity contribution < 1.29 is 0 Å². The second-order valence-electron chi connectivity index (χ2n) is 15.9. The van der Waals surface area contributed by atoms with Gasteiger partial charge in [0.1, 0.15) is 0 Å². The van der Waals surface area contributed by atoms with E-state index in [1.807, 2.05) is 6.20 Å². The summed E-state index contributed by atoms with van der Waals surface area (Å²) < 4.78 is 0. The number of fused-ring (bicyclic) bond motifs is 2. The van der Waals surface area contributed by atoms with Gasteiger partial charge in [0.05, 0.1) is 5.70 Å². The number of rotatable bonds is 7. The maximum absolute atomic E-state index is 4.89. The van der Waals surface area contributed by atoms with E-state index in [2.05, 4.69) is 202 Å². The van der Waals surface area contributed by atoms with Crippen LogP contribution < -0.4 is 0 Å². The van der Waals surface area contributed by atoms with E-state index >= 15 is 0 Å². The predicted octanol–water partition coefficient (Wildman–Crippen LogP) is 15.1. The molecule has 8 aromatic rings. The van der Waals surface area contributed by atoms with Gasteiger partial charge in [-0.1, -0.05) is 159 Å². The summed E-state index contributed by atoms with van der Waals surface area (Å²) >= 11 is 0. The molecule has 0 saturated heterocycles. The molecule has 278 valence electrons. The first kappa shape index (κ1) is 35.5. The first-order valence-electron chi connectivity index (χ1n) is 20.5. The third-order valence-corrected chi connectivity index (χ3v) is 11.7. The van der Waals surface area contributed by atoms with Crippen LogP contribution in [0.3, 0.4) is 0 Å². The Hall–Kier alpha value is -6.90. The van der Waals surface area contributed by atoms with Crippen molar-refractivity contribution in [3.63, 3.8) is 0 Å². The quantitative estimate of drug-likeness (QED) is 0.145. The minimum atomic E-state index is 0.456. The van der Waals surface area contributed by atoms with Crippen LogP contribution in [0.4, 0.5) is 0 Å². The van der Waals surface area contributed by atoms with Gasteiger partial charge >= 0.3 is 0 Å². The average Bonchev–Trinajstić information content (AvgIpc) is 3.28. The smallest absolute Gasteiger partial charge is 0.0658 e. The van der Waals surface area contributed by atoms with Crippen LogP contribution >= 0.6 is 0 Å². The van der Waals surface area contributed by atoms with Crippen LogP contribution in [0.15, 0.2) is 198 Å². The second-order valence-corrected chi connectivity index (χ2v) is 15.9. The molecule has 0 N–H and O–H groups in total. The Morgan fingerprint density at radius 3 is 1.55 bits per heavy atom. The molecule has 2 nitrogen and oxygen atoms in total. The zero-order chi connectivity index (χ0) is 39.0. The van der Waals surface area contributed by atoms with Gasteiger partial charge in [0.2, 0.25) is 0 Å². The molecule has 0 radical (unpaired) electrons. The van der Waals surface area contributed by atoms with Gasteiger partial charge in [-0.2, -0.15) is 0 Å². The molecule has 0 saturated carbocycles. The van der Waals surface area contributed by atoms with Gasteiger partial charge in [-0.3, -0.25) is 9.98 Å². The molecule has 58 heavy (non-hydrogen) atoms. The third kappa shape index (κ3) is 6.82. The van der Waals surface area contributed by atoms with Crippen LogP contribution in [0.1, 0.15) is 37.8 Å². The standard InChI is InChI=1S/C56H44N2/c1-37-27-28-57-54(29-37)43-18-12-19-44(31-43)55-49-21-9-10-22-50(49)56(45-20-11-17-42(30-45)53-26-23-38(2)36-58-53)52-35-41(24-25-51(52)55)48-33-46(39-13-5-3-6-14-39)32-47(34-48)40-15-7-4-8-16-40/h3-22,24-28,30-38H,23,29H2,1-2H3. The van der Waals surface area contributed by atoms with E-state index in [9.17, 15) is 0 Å². The number of hydrogen-bond acceptors (Lipinski definition) is 2. The lowest BCUT2D eigenvalue weighted by atomic mass is 9.83. The monoisotopic (exact) mass is 744 g/mol. The van der Waals surface area contributed by atoms with Crippen molar-refractivity contribution in [2.45, 2.75) is 26.7 Å². The Kier molecular flexibility index (Phi) is 9.31. The lowest BCUT2D eigenvalue weighted by molar-refractivity contribution is 0.756. The molecular formula is C56H44N2. The van der Waals surface area contributed by atoms with E-state index in [1.165, 1.54) is 82.7 Å². The first-order valence-corrected chi connectivity index (χ1v) is 20.5. The number of nitrogens with zero attached hydrogens (tertiary/aromatic N) is 2. The van der Waals surface area contributed by atoms with E-state index in [-0.39, 0.29) is 0 Å². The average molecular weight is 745 g/mol. The van der Waals surface area contributed by atoms with Crippen molar-refractivity contribution in [3.8, 4) is 55.6 Å². The van der Waals surface area contributed by atoms with Gasteiger partial charge in [-0.25, -0.2) is 0 Å². The van der Waals surface area contributed by atoms with Gasteiger partial charge < -0.3 is 0 Å². The zero-order valence-corrected chi connectivity index (χ0v) is 32.9. The van der Waals surface area contributed by atoms with E-state index in [0.717, 1.165) is 29.8 Å². The molecule has 0 aromatic heterocycles. The van der Waals surface area contributed by atoms with Crippen LogP contribution in [0.2, 0.25) is 0 Å². The molecule has 0 amide bonds. The van der Waals surface area contributed by atoms with Crippen molar-refractivity contribution in [1.82, 2.24) is 0 Å². The van der Waals surface area contributed by atoms with E-state index in [1.54, 1.807) is 0 Å². The Morgan fingerprint density at radius 2 is 0.931 bits per heavy atom. The predicted molar refractivity (Wildman–Crippen MR) is 248 cm³/mol. The fourth-order valence-corrected chi connectivity index (χ4v) is 8.77. The van der Waals surface area contributed by atoms with Gasteiger partial charge in [0.25, 0.3) is 0 Å². The highest BCUT2D eigenvalue weighted by atomic mass is 14.7. The normalized spacial score (nSPS) is 16.4. The Labute approximate surface area is 341 Å². The van der Waals surface area contributed by atoms with E-state index < -0.39 is 0 Å². The summed E-state index contributed by atoms with van der Waals surface area (Å²) in [7, 11) is 0. The van der Waals surface area contributed by atoms with Crippen molar-refractivity contribution in [3.05, 3.63) is 199 Å². The van der Waals surface area contributed by atoms with Crippen LogP contribution in [-0.2, 0) is 0 Å². The van der Waals surface area contributed by atoms with Crippen LogP contribution in [0.25, 0.3) is 82.9 Å². The highest BCUT2D eigenvalue weighted by molar-refractivity contribution is 6.22. The molecule has 2 aliphatic rings. The number of hydrogen-bond donors (Lipinski definition) is 0. The highest BCUT2D eigenvalue weighted by Gasteiger charge is 2.20. The second kappa shape index (κ2) is 15.2. The van der Waals surface area contributed by atoms with Crippen molar-refractivity contribution in [2.75, 3.05) is 0 Å². The molecule has 0 fully saturated rings. The Bertz CT molecular complexity index is 2910. The van der Waals surface area contributed by atoms with Crippen LogP contribution in [0.5, 0.6) is 0 Å². The molecule has 2 atom stereocenters. The Balaban J connectivity index is 1.24. The molecule has 8 aromatic carbocycles. The minimum absolute atomic E-state index is 0.456. The fourth-order valence-electron chi connectivity index (χ4n) is 8.77. The molecule has 0 aliphatic carbocycles. The van der Waals surface area contributed by atoms with E-state index in [0.29, 0.717) is 11.8 Å². The SMILES string of the molecule is CC1C=NC(c2cccc(-c3c4ccccc4c(-c4cccc(C5=NC=CC(C)C5)c4)c4ccc(-c5cc(-c6ccccc6)cc(-c6ccccc6)c5)cc34)c2)=CC1. The van der Waals surface area contributed by atoms with Crippen LogP contribution in [0, 0.1) is 11.8 Å². The van der Waals surface area contributed by atoms with Gasteiger partial charge in [0, 0.05) is 23.7 Å². The van der Waals surface area contributed by atoms with Gasteiger partial charge in [-0.15, -0.1) is 0 Å². The molecule has 2 heterocycles. The summed E-state index contributed by atoms with van der Waals surface area (Å²) in [5, 5.41) is 4.92. The summed E-state index contributed by atoms with van der Waals surface area (Å²) in [6.07, 6.45) is 10.5. The number of allylic oxidation sites excluding steroid dienone is 2. The minimum Gasteiger partial charge on any atom is -0.261 e. The summed E-state index contributed by atoms with van der Waals surface area (Å²) in [6.45, 7) is 4.48. The molecule has 0 bridgehead atoms. The number of benzene rings is 8. The van der Waals surface area contributed by atoms with Crippen LogP contribution in [-0.4, -0.2) is 11.9 Å². The fraction of sp³-hybridized carbons (Fsp3) is 0.107. The molecule has 2 unspecified atom stereocenters. The maximum Gasteiger partial charge on any atom is 0.0658 e. The molecular weight excluding hydrogens is 701 g/mol. The topological polar surface area (TPSA) is 24.7 Å². The van der Waals surface area contributed by atoms with Crippen molar-refractivity contribution in [2.24, 2.45) is 21.8 Å². The first-order chi connectivity index (χ1) is 28.6. The number of aliphatic imine (C=N–C) groups is 2. The largest absolute Gasteiger partial charge is 0.261 e. The molecule has 0 spiro atoms. The molecule has 2 aliphatic heterocycles. The van der Waals surface area contributed by atoms with Gasteiger partial charge in [0.15, 0.2) is 0 Å². The van der Waals surface area contributed by atoms with Gasteiger partial charge in [-0.05, 0) is 144 Å². The lowest BCUT2D eigenvalue weighted by Crippen LogP contribution is -2.08. The highest BCUT2D eigenvalue weighted by Crippen LogP contribution is 2.46. The summed E-state index contributed by atoms with van der Waals surface area (Å²) in [4.78, 5) is 9.73. The lowest BCUT2D eigenvalue weighted by Gasteiger charge is -2.20. The summed E-state index contributed by atoms with van der Waals surface area (Å²) in [5.74, 6) is 0.921. The molecule has 10 rings (SSSR count). The van der Waals surface area contributed by atoms with Crippen molar-refractivity contribution >= 4 is 39.2 Å². The zero-order valence-electron chi connectivity index (χ0n) is 32.9. The third-order valence-electron chi connectivity index (χ3n) is 11.7. The summed E-state index contributed by atoms with van der Waals surface area (Å²) in [6, 6.07) is 62.6.